The Morgan fingerprint density at radius 1 is 1.47 bits per heavy atom. The van der Waals surface area contributed by atoms with Crippen molar-refractivity contribution in [1.29, 1.82) is 0 Å². The van der Waals surface area contributed by atoms with Gasteiger partial charge < -0.3 is 5.73 Å². The molecule has 17 heavy (non-hydrogen) atoms. The molecule has 0 spiro atoms. The molecule has 1 unspecified atom stereocenters. The van der Waals surface area contributed by atoms with Crippen molar-refractivity contribution in [2.24, 2.45) is 12.9 Å². The van der Waals surface area contributed by atoms with Crippen LogP contribution in [0.3, 0.4) is 0 Å². The van der Waals surface area contributed by atoms with Gasteiger partial charge in [-0.25, -0.2) is 5.43 Å². The first-order valence-electron chi connectivity index (χ1n) is 5.11. The zero-order valence-electron chi connectivity index (χ0n) is 9.39. The van der Waals surface area contributed by atoms with E-state index in [-0.39, 0.29) is 6.04 Å². The molecule has 90 valence electrons. The Hall–Kier alpha value is -1.56. The van der Waals surface area contributed by atoms with E-state index in [1.54, 1.807) is 23.0 Å². The number of nitrogens with zero attached hydrogens (tertiary/aromatic N) is 2. The fourth-order valence-corrected chi connectivity index (χ4v) is 1.94. The maximum atomic E-state index is 5.93. The van der Waals surface area contributed by atoms with Gasteiger partial charge in [-0.2, -0.15) is 5.10 Å². The van der Waals surface area contributed by atoms with Gasteiger partial charge in [0.2, 0.25) is 0 Å². The number of halogens is 1. The first kappa shape index (κ1) is 11.9. The normalized spacial score (nSPS) is 12.6. The van der Waals surface area contributed by atoms with E-state index in [4.69, 9.17) is 23.2 Å². The second-order valence-corrected chi connectivity index (χ2v) is 4.26. The SMILES string of the molecule is Cn1cc(C(NN)c2ccc(Cl)cc2N)cn1. The summed E-state index contributed by atoms with van der Waals surface area (Å²) in [7, 11) is 1.85. The van der Waals surface area contributed by atoms with Gasteiger partial charge >= 0.3 is 0 Å². The lowest BCUT2D eigenvalue weighted by molar-refractivity contribution is 0.637. The maximum Gasteiger partial charge on any atom is 0.0760 e. The van der Waals surface area contributed by atoms with Crippen LogP contribution in [0.15, 0.2) is 30.6 Å². The molecule has 2 aromatic rings. The van der Waals surface area contributed by atoms with Crippen LogP contribution in [0.25, 0.3) is 0 Å². The molecule has 0 aliphatic heterocycles. The minimum Gasteiger partial charge on any atom is -0.398 e. The van der Waals surface area contributed by atoms with Crippen molar-refractivity contribution >= 4 is 17.3 Å². The summed E-state index contributed by atoms with van der Waals surface area (Å²) in [4.78, 5) is 0. The minimum absolute atomic E-state index is 0.194. The van der Waals surface area contributed by atoms with Gasteiger partial charge in [-0.3, -0.25) is 10.5 Å². The molecule has 0 amide bonds. The molecule has 1 atom stereocenters. The molecule has 5 N–H and O–H groups in total. The second-order valence-electron chi connectivity index (χ2n) is 3.82. The van der Waals surface area contributed by atoms with Crippen molar-refractivity contribution in [3.8, 4) is 0 Å². The van der Waals surface area contributed by atoms with E-state index in [0.29, 0.717) is 10.7 Å². The van der Waals surface area contributed by atoms with Crippen LogP contribution in [0.2, 0.25) is 5.02 Å². The van der Waals surface area contributed by atoms with Gasteiger partial charge in [0.25, 0.3) is 0 Å². The van der Waals surface area contributed by atoms with Crippen molar-refractivity contribution in [3.05, 3.63) is 46.7 Å². The third kappa shape index (κ3) is 2.41. The summed E-state index contributed by atoms with van der Waals surface area (Å²) in [6, 6.07) is 5.15. The minimum atomic E-state index is -0.194. The maximum absolute atomic E-state index is 5.93. The zero-order valence-corrected chi connectivity index (χ0v) is 10.1. The summed E-state index contributed by atoms with van der Waals surface area (Å²) >= 11 is 5.87. The molecule has 1 heterocycles. The van der Waals surface area contributed by atoms with Crippen LogP contribution < -0.4 is 17.0 Å². The Balaban J connectivity index is 2.42. The molecule has 1 aromatic heterocycles. The standard InChI is InChI=1S/C11H14ClN5/c1-17-6-7(5-15-17)11(16-14)9-3-2-8(12)4-10(9)13/h2-6,11,16H,13-14H2,1H3. The predicted molar refractivity (Wildman–Crippen MR) is 68.2 cm³/mol. The predicted octanol–water partition coefficient (Wildman–Crippen LogP) is 1.21. The number of nitrogens with one attached hydrogen (secondary N) is 1. The van der Waals surface area contributed by atoms with E-state index in [0.717, 1.165) is 11.1 Å². The molecule has 1 aromatic carbocycles. The Morgan fingerprint density at radius 3 is 2.76 bits per heavy atom. The number of hydrogen-bond acceptors (Lipinski definition) is 4. The van der Waals surface area contributed by atoms with Crippen LogP contribution in [-0.2, 0) is 7.05 Å². The molecule has 0 radical (unpaired) electrons. The fourth-order valence-electron chi connectivity index (χ4n) is 1.76. The summed E-state index contributed by atoms with van der Waals surface area (Å²) < 4.78 is 1.71. The number of benzene rings is 1. The van der Waals surface area contributed by atoms with Gasteiger partial charge in [-0.05, 0) is 17.7 Å². The molecule has 0 saturated heterocycles. The van der Waals surface area contributed by atoms with Crippen molar-refractivity contribution in [2.75, 3.05) is 5.73 Å². The lowest BCUT2D eigenvalue weighted by atomic mass is 10.0. The van der Waals surface area contributed by atoms with E-state index < -0.39 is 0 Å². The van der Waals surface area contributed by atoms with E-state index in [1.165, 1.54) is 0 Å². The highest BCUT2D eigenvalue weighted by atomic mass is 35.5. The summed E-state index contributed by atoms with van der Waals surface area (Å²) in [6.07, 6.45) is 3.64. The van der Waals surface area contributed by atoms with Gasteiger partial charge in [0.1, 0.15) is 0 Å². The quantitative estimate of drug-likeness (QED) is 0.435. The Morgan fingerprint density at radius 2 is 2.24 bits per heavy atom. The first-order valence-corrected chi connectivity index (χ1v) is 5.49. The Bertz CT molecular complexity index is 522. The zero-order chi connectivity index (χ0) is 12.4. The number of aryl methyl sites for hydroxylation is 1. The number of nitrogen functional groups attached to an aromatic ring is 1. The first-order chi connectivity index (χ1) is 8.11. The molecule has 6 heteroatoms. The number of aromatic nitrogens is 2. The van der Waals surface area contributed by atoms with Gasteiger partial charge in [-0.15, -0.1) is 0 Å². The third-order valence-corrected chi connectivity index (χ3v) is 2.82. The third-order valence-electron chi connectivity index (χ3n) is 2.58. The summed E-state index contributed by atoms with van der Waals surface area (Å²) in [6.45, 7) is 0. The van der Waals surface area contributed by atoms with Gasteiger partial charge in [-0.1, -0.05) is 17.7 Å². The number of anilines is 1. The average Bonchev–Trinajstić information content (AvgIpc) is 2.69. The average molecular weight is 252 g/mol. The second kappa shape index (κ2) is 4.75. The Kier molecular flexibility index (Phi) is 3.33. The van der Waals surface area contributed by atoms with Crippen molar-refractivity contribution in [1.82, 2.24) is 15.2 Å². The van der Waals surface area contributed by atoms with Gasteiger partial charge in [0.05, 0.1) is 12.2 Å². The van der Waals surface area contributed by atoms with E-state index >= 15 is 0 Å². The molecular weight excluding hydrogens is 238 g/mol. The molecule has 0 saturated carbocycles. The van der Waals surface area contributed by atoms with Crippen molar-refractivity contribution < 1.29 is 0 Å². The van der Waals surface area contributed by atoms with E-state index in [2.05, 4.69) is 10.5 Å². The Labute approximate surface area is 104 Å². The van der Waals surface area contributed by atoms with Crippen LogP contribution in [0.5, 0.6) is 0 Å². The molecule has 0 fully saturated rings. The van der Waals surface area contributed by atoms with Gasteiger partial charge in [0, 0.05) is 29.5 Å². The molecule has 0 aliphatic carbocycles. The largest absolute Gasteiger partial charge is 0.398 e. The van der Waals surface area contributed by atoms with Gasteiger partial charge in [0.15, 0.2) is 0 Å². The topological polar surface area (TPSA) is 81.9 Å². The number of rotatable bonds is 3. The lowest BCUT2D eigenvalue weighted by Crippen LogP contribution is -2.29. The van der Waals surface area contributed by atoms with Crippen molar-refractivity contribution in [3.63, 3.8) is 0 Å². The number of hydrogen-bond donors (Lipinski definition) is 3. The molecular formula is C11H14ClN5. The van der Waals surface area contributed by atoms with E-state index in [9.17, 15) is 0 Å². The van der Waals surface area contributed by atoms with Crippen molar-refractivity contribution in [2.45, 2.75) is 6.04 Å². The summed E-state index contributed by atoms with van der Waals surface area (Å²) in [5.74, 6) is 5.58. The van der Waals surface area contributed by atoms with E-state index in [1.807, 2.05) is 19.3 Å². The highest BCUT2D eigenvalue weighted by Crippen LogP contribution is 2.27. The number of hydrazine groups is 1. The van der Waals surface area contributed by atoms with Crippen LogP contribution in [-0.4, -0.2) is 9.78 Å². The highest BCUT2D eigenvalue weighted by Gasteiger charge is 2.16. The van der Waals surface area contributed by atoms with Crippen LogP contribution in [0, 0.1) is 0 Å². The van der Waals surface area contributed by atoms with Crippen LogP contribution in [0.4, 0.5) is 5.69 Å². The molecule has 5 nitrogen and oxygen atoms in total. The molecule has 0 bridgehead atoms. The smallest absolute Gasteiger partial charge is 0.0760 e. The summed E-state index contributed by atoms with van der Waals surface area (Å²) in [5.41, 5.74) is 11.1. The fraction of sp³-hybridized carbons (Fsp3) is 0.182. The molecule has 2 rings (SSSR count). The van der Waals surface area contributed by atoms with Crippen LogP contribution >= 0.6 is 11.6 Å². The highest BCUT2D eigenvalue weighted by molar-refractivity contribution is 6.30. The monoisotopic (exact) mass is 251 g/mol. The molecule has 0 aliphatic rings. The van der Waals surface area contributed by atoms with Crippen LogP contribution in [0.1, 0.15) is 17.2 Å². The summed E-state index contributed by atoms with van der Waals surface area (Å²) in [5, 5.41) is 4.72. The number of nitrogens with two attached hydrogens (primary N) is 2. The lowest BCUT2D eigenvalue weighted by Gasteiger charge is -2.16.